The summed E-state index contributed by atoms with van der Waals surface area (Å²) in [5.41, 5.74) is 9.30. The first-order valence-corrected chi connectivity index (χ1v) is 17.6. The minimum absolute atomic E-state index is 0.909. The van der Waals surface area contributed by atoms with Crippen molar-refractivity contribution in [1.82, 2.24) is 0 Å². The number of fused-ring (bicyclic) bond motifs is 8. The van der Waals surface area contributed by atoms with Gasteiger partial charge < -0.3 is 4.42 Å². The van der Waals surface area contributed by atoms with Crippen LogP contribution in [0.25, 0.3) is 109 Å². The molecule has 0 fully saturated rings. The number of hydrogen-bond acceptors (Lipinski definition) is 1. The smallest absolute Gasteiger partial charge is 0.136 e. The first-order chi connectivity index (χ1) is 25.3. The Morgan fingerprint density at radius 3 is 1.45 bits per heavy atom. The predicted molar refractivity (Wildman–Crippen MR) is 218 cm³/mol. The van der Waals surface area contributed by atoms with Crippen LogP contribution in [0, 0.1) is 0 Å². The fourth-order valence-electron chi connectivity index (χ4n) is 8.56. The van der Waals surface area contributed by atoms with Crippen molar-refractivity contribution in [2.24, 2.45) is 0 Å². The average Bonchev–Trinajstić information content (AvgIpc) is 3.55. The quantitative estimate of drug-likeness (QED) is 0.174. The average molecular weight is 647 g/mol. The Morgan fingerprint density at radius 2 is 0.745 bits per heavy atom. The van der Waals surface area contributed by atoms with Crippen LogP contribution in [0.5, 0.6) is 0 Å². The zero-order valence-electron chi connectivity index (χ0n) is 27.7. The second-order valence-electron chi connectivity index (χ2n) is 13.6. The Morgan fingerprint density at radius 1 is 0.255 bits per heavy atom. The van der Waals surface area contributed by atoms with Gasteiger partial charge in [0, 0.05) is 10.8 Å². The van der Waals surface area contributed by atoms with Crippen LogP contribution in [-0.2, 0) is 0 Å². The molecule has 236 valence electrons. The third kappa shape index (κ3) is 4.22. The Balaban J connectivity index is 1.19. The molecule has 0 saturated heterocycles. The molecule has 0 amide bonds. The Labute approximate surface area is 294 Å². The molecule has 0 atom stereocenters. The van der Waals surface area contributed by atoms with Crippen molar-refractivity contribution < 1.29 is 4.42 Å². The molecule has 0 N–H and O–H groups in total. The second kappa shape index (κ2) is 10.9. The predicted octanol–water partition coefficient (Wildman–Crippen LogP) is 14.4. The molecule has 1 heterocycles. The minimum atomic E-state index is 0.909. The Bertz CT molecular complexity index is 3130. The lowest BCUT2D eigenvalue weighted by molar-refractivity contribution is 0.669. The van der Waals surface area contributed by atoms with E-state index >= 15 is 0 Å². The number of furan rings is 1. The molecule has 1 heteroatoms. The van der Waals surface area contributed by atoms with Crippen molar-refractivity contribution in [2.75, 3.05) is 0 Å². The maximum absolute atomic E-state index is 6.41. The fraction of sp³-hybridized carbons (Fsp3) is 0. The number of rotatable bonds is 3. The summed E-state index contributed by atoms with van der Waals surface area (Å²) < 4.78 is 6.41. The van der Waals surface area contributed by atoms with E-state index < -0.39 is 0 Å². The maximum atomic E-state index is 6.41. The molecule has 0 saturated carbocycles. The third-order valence-corrected chi connectivity index (χ3v) is 10.8. The van der Waals surface area contributed by atoms with Crippen LogP contribution in [-0.4, -0.2) is 0 Å². The topological polar surface area (TPSA) is 13.1 Å². The fourth-order valence-corrected chi connectivity index (χ4v) is 8.56. The van der Waals surface area contributed by atoms with Gasteiger partial charge in [0.25, 0.3) is 0 Å². The molecule has 0 bridgehead atoms. The van der Waals surface area contributed by atoms with E-state index in [2.05, 4.69) is 182 Å². The van der Waals surface area contributed by atoms with Crippen LogP contribution in [0.1, 0.15) is 0 Å². The zero-order valence-corrected chi connectivity index (χ0v) is 27.7. The summed E-state index contributed by atoms with van der Waals surface area (Å²) >= 11 is 0. The molecule has 0 radical (unpaired) electrons. The molecule has 0 unspecified atom stereocenters. The van der Waals surface area contributed by atoms with Gasteiger partial charge in [-0.3, -0.25) is 0 Å². The molecule has 51 heavy (non-hydrogen) atoms. The highest BCUT2D eigenvalue weighted by Gasteiger charge is 2.20. The molecule has 10 aromatic carbocycles. The SMILES string of the molecule is c1ccc2cc3c(cc2c1)oc1ccc(-c2c4ccccc4c(-c4ccc(-c5cccc6ccccc56)c5ccccc45)c4ccccc24)cc13. The van der Waals surface area contributed by atoms with Gasteiger partial charge in [-0.2, -0.15) is 0 Å². The summed E-state index contributed by atoms with van der Waals surface area (Å²) in [6.45, 7) is 0. The van der Waals surface area contributed by atoms with Gasteiger partial charge in [0.1, 0.15) is 11.2 Å². The first-order valence-electron chi connectivity index (χ1n) is 17.6. The van der Waals surface area contributed by atoms with E-state index in [1.54, 1.807) is 0 Å². The van der Waals surface area contributed by atoms with Crippen molar-refractivity contribution in [3.05, 3.63) is 182 Å². The summed E-state index contributed by atoms with van der Waals surface area (Å²) in [7, 11) is 0. The lowest BCUT2D eigenvalue weighted by Crippen LogP contribution is -1.92. The number of benzene rings is 10. The first kappa shape index (κ1) is 28.2. The molecule has 11 rings (SSSR count). The molecule has 0 spiro atoms. The molecular formula is C50H30O. The van der Waals surface area contributed by atoms with Gasteiger partial charge >= 0.3 is 0 Å². The highest BCUT2D eigenvalue weighted by Crippen LogP contribution is 2.47. The highest BCUT2D eigenvalue weighted by atomic mass is 16.3. The molecule has 0 aliphatic heterocycles. The lowest BCUT2D eigenvalue weighted by atomic mass is 9.83. The molecule has 0 aliphatic carbocycles. The van der Waals surface area contributed by atoms with Gasteiger partial charge in [0.15, 0.2) is 0 Å². The van der Waals surface area contributed by atoms with E-state index in [0.717, 1.165) is 21.9 Å². The third-order valence-electron chi connectivity index (χ3n) is 10.8. The van der Waals surface area contributed by atoms with Crippen LogP contribution in [0.15, 0.2) is 186 Å². The van der Waals surface area contributed by atoms with E-state index in [1.807, 2.05) is 0 Å². The maximum Gasteiger partial charge on any atom is 0.136 e. The molecular weight excluding hydrogens is 617 g/mol. The van der Waals surface area contributed by atoms with E-state index in [-0.39, 0.29) is 0 Å². The van der Waals surface area contributed by atoms with Gasteiger partial charge in [0.05, 0.1) is 0 Å². The summed E-state index contributed by atoms with van der Waals surface area (Å²) in [6.07, 6.45) is 0. The standard InChI is InChI=1S/C50H30O/c1-2-14-33-30-48-46(28-32(33)13-1)45-29-34(24-27-47(45)51-48)49-40-19-7-9-21-42(40)50(43-22-10-8-20-41(43)49)44-26-25-39(37-17-5-6-18-38(37)44)36-23-11-15-31-12-3-4-16-35(31)36/h1-30H. The normalized spacial score (nSPS) is 11.9. The van der Waals surface area contributed by atoms with Crippen molar-refractivity contribution in [1.29, 1.82) is 0 Å². The van der Waals surface area contributed by atoms with E-state index in [0.29, 0.717) is 0 Å². The van der Waals surface area contributed by atoms with E-state index in [4.69, 9.17) is 4.42 Å². The van der Waals surface area contributed by atoms with Crippen molar-refractivity contribution in [2.45, 2.75) is 0 Å². The van der Waals surface area contributed by atoms with Crippen molar-refractivity contribution in [3.63, 3.8) is 0 Å². The Kier molecular flexibility index (Phi) is 6.02. The lowest BCUT2D eigenvalue weighted by Gasteiger charge is -2.20. The second-order valence-corrected chi connectivity index (χ2v) is 13.6. The molecule has 1 aromatic heterocycles. The van der Waals surface area contributed by atoms with Gasteiger partial charge in [-0.15, -0.1) is 0 Å². The molecule has 11 aromatic rings. The van der Waals surface area contributed by atoms with E-state index in [9.17, 15) is 0 Å². The molecule has 1 nitrogen and oxygen atoms in total. The monoisotopic (exact) mass is 646 g/mol. The van der Waals surface area contributed by atoms with Gasteiger partial charge in [-0.1, -0.05) is 158 Å². The van der Waals surface area contributed by atoms with Crippen LogP contribution in [0.4, 0.5) is 0 Å². The summed E-state index contributed by atoms with van der Waals surface area (Å²) in [5.74, 6) is 0. The molecule has 0 aliphatic rings. The summed E-state index contributed by atoms with van der Waals surface area (Å²) in [6, 6.07) is 66.4. The highest BCUT2D eigenvalue weighted by molar-refractivity contribution is 6.25. The van der Waals surface area contributed by atoms with Crippen molar-refractivity contribution in [3.8, 4) is 33.4 Å². The van der Waals surface area contributed by atoms with E-state index in [1.165, 1.54) is 87.2 Å². The summed E-state index contributed by atoms with van der Waals surface area (Å²) in [4.78, 5) is 0. The van der Waals surface area contributed by atoms with Gasteiger partial charge in [0.2, 0.25) is 0 Å². The van der Waals surface area contributed by atoms with Gasteiger partial charge in [-0.05, 0) is 112 Å². The van der Waals surface area contributed by atoms with Crippen LogP contribution >= 0.6 is 0 Å². The number of hydrogen-bond donors (Lipinski definition) is 0. The van der Waals surface area contributed by atoms with Crippen LogP contribution in [0.3, 0.4) is 0 Å². The zero-order chi connectivity index (χ0) is 33.5. The van der Waals surface area contributed by atoms with Crippen LogP contribution in [0.2, 0.25) is 0 Å². The minimum Gasteiger partial charge on any atom is -0.456 e. The largest absolute Gasteiger partial charge is 0.456 e. The van der Waals surface area contributed by atoms with Gasteiger partial charge in [-0.25, -0.2) is 0 Å². The van der Waals surface area contributed by atoms with Crippen LogP contribution < -0.4 is 0 Å². The Hall–Kier alpha value is -6.70. The van der Waals surface area contributed by atoms with Crippen molar-refractivity contribution >= 4 is 75.8 Å². The summed E-state index contributed by atoms with van der Waals surface area (Å²) in [5, 5.41) is 14.7.